The van der Waals surface area contributed by atoms with Gasteiger partial charge in [0, 0.05) is 31.4 Å². The molecule has 1 fully saturated rings. The topological polar surface area (TPSA) is 42.4 Å². The van der Waals surface area contributed by atoms with Crippen molar-refractivity contribution in [2.45, 2.75) is 19.4 Å². The van der Waals surface area contributed by atoms with Gasteiger partial charge in [0.2, 0.25) is 0 Å². The minimum atomic E-state index is 0.0434. The van der Waals surface area contributed by atoms with Crippen LogP contribution in [0.2, 0.25) is 0 Å². The maximum Gasteiger partial charge on any atom is 0.170 e. The van der Waals surface area contributed by atoms with Crippen LogP contribution >= 0.6 is 0 Å². The molecule has 0 aliphatic carbocycles. The molecule has 4 nitrogen and oxygen atoms in total. The van der Waals surface area contributed by atoms with E-state index in [4.69, 9.17) is 4.74 Å². The lowest BCUT2D eigenvalue weighted by atomic mass is 9.89. The molecule has 0 N–H and O–H groups in total. The van der Waals surface area contributed by atoms with Crippen molar-refractivity contribution >= 4 is 5.78 Å². The van der Waals surface area contributed by atoms with Crippen molar-refractivity contribution in [3.63, 3.8) is 0 Å². The molecule has 1 atom stereocenters. The second-order valence-electron chi connectivity index (χ2n) is 5.99. The summed E-state index contributed by atoms with van der Waals surface area (Å²) in [5.74, 6) is 0.910. The highest BCUT2D eigenvalue weighted by atomic mass is 16.5. The van der Waals surface area contributed by atoms with Crippen molar-refractivity contribution in [1.82, 2.24) is 9.88 Å². The Morgan fingerprint density at radius 1 is 1.26 bits per heavy atom. The Kier molecular flexibility index (Phi) is 5.03. The summed E-state index contributed by atoms with van der Waals surface area (Å²) in [7, 11) is 1.61. The van der Waals surface area contributed by atoms with Gasteiger partial charge in [-0.15, -0.1) is 0 Å². The molecule has 0 bridgehead atoms. The monoisotopic (exact) mass is 310 g/mol. The first-order chi connectivity index (χ1) is 11.3. The van der Waals surface area contributed by atoms with Crippen molar-refractivity contribution < 1.29 is 9.53 Å². The van der Waals surface area contributed by atoms with E-state index in [2.05, 4.69) is 9.88 Å². The van der Waals surface area contributed by atoms with Gasteiger partial charge in [0.1, 0.15) is 5.75 Å². The van der Waals surface area contributed by atoms with E-state index in [0.717, 1.165) is 32.5 Å². The number of Topliss-reactive ketones (excluding diaryl/α,β-unsaturated/α-hetero) is 1. The van der Waals surface area contributed by atoms with E-state index >= 15 is 0 Å². The number of para-hydroxylation sites is 1. The number of benzene rings is 1. The van der Waals surface area contributed by atoms with Gasteiger partial charge in [-0.2, -0.15) is 0 Å². The number of carbonyl (C=O) groups is 1. The number of methoxy groups -OCH3 is 1. The van der Waals surface area contributed by atoms with Gasteiger partial charge in [0.25, 0.3) is 0 Å². The Hall–Kier alpha value is -2.20. The fraction of sp³-hybridized carbons (Fsp3) is 0.368. The number of nitrogens with zero attached hydrogens (tertiary/aromatic N) is 2. The lowest BCUT2D eigenvalue weighted by Crippen LogP contribution is -2.38. The molecule has 4 heteroatoms. The second-order valence-corrected chi connectivity index (χ2v) is 5.99. The van der Waals surface area contributed by atoms with Gasteiger partial charge in [-0.05, 0) is 49.2 Å². The molecule has 0 spiro atoms. The van der Waals surface area contributed by atoms with Crippen LogP contribution in [-0.2, 0) is 6.54 Å². The largest absolute Gasteiger partial charge is 0.496 e. The number of rotatable bonds is 5. The molecule has 120 valence electrons. The zero-order valence-corrected chi connectivity index (χ0v) is 13.4. The quantitative estimate of drug-likeness (QED) is 0.796. The molecule has 1 unspecified atom stereocenters. The molecular weight excluding hydrogens is 288 g/mol. The summed E-state index contributed by atoms with van der Waals surface area (Å²) in [6.07, 6.45) is 5.63. The number of aromatic nitrogens is 1. The zero-order valence-electron chi connectivity index (χ0n) is 13.4. The molecule has 2 aromatic rings. The fourth-order valence-corrected chi connectivity index (χ4v) is 3.23. The molecule has 0 saturated carbocycles. The van der Waals surface area contributed by atoms with Crippen LogP contribution in [0.15, 0.2) is 48.8 Å². The van der Waals surface area contributed by atoms with Gasteiger partial charge in [-0.1, -0.05) is 12.1 Å². The van der Waals surface area contributed by atoms with E-state index in [-0.39, 0.29) is 11.7 Å². The fourth-order valence-electron chi connectivity index (χ4n) is 3.23. The third-order valence-electron chi connectivity index (χ3n) is 4.40. The smallest absolute Gasteiger partial charge is 0.170 e. The predicted molar refractivity (Wildman–Crippen MR) is 89.6 cm³/mol. The predicted octanol–water partition coefficient (Wildman–Crippen LogP) is 3.19. The summed E-state index contributed by atoms with van der Waals surface area (Å²) < 4.78 is 5.34. The normalized spacial score (nSPS) is 18.6. The molecule has 1 aliphatic heterocycles. The number of carbonyl (C=O) groups excluding carboxylic acids is 1. The number of hydrogen-bond acceptors (Lipinski definition) is 4. The first-order valence-corrected chi connectivity index (χ1v) is 8.06. The molecule has 1 aromatic heterocycles. The lowest BCUT2D eigenvalue weighted by Gasteiger charge is -2.32. The maximum atomic E-state index is 12.9. The standard InChI is InChI=1S/C19H22N2O2/c1-23-18-7-3-2-6-17(18)19(22)16-5-4-12-21(14-16)13-15-8-10-20-11-9-15/h2-3,6-11,16H,4-5,12-14H2,1H3. The number of ketones is 1. The van der Waals surface area contributed by atoms with Crippen LogP contribution in [0, 0.1) is 5.92 Å². The molecule has 1 aromatic carbocycles. The number of piperidine rings is 1. The van der Waals surface area contributed by atoms with Crippen molar-refractivity contribution in [1.29, 1.82) is 0 Å². The molecule has 1 aliphatic rings. The van der Waals surface area contributed by atoms with E-state index in [1.165, 1.54) is 5.56 Å². The highest BCUT2D eigenvalue weighted by molar-refractivity contribution is 6.00. The first kappa shape index (κ1) is 15.7. The molecule has 3 rings (SSSR count). The minimum Gasteiger partial charge on any atom is -0.496 e. The molecule has 1 saturated heterocycles. The van der Waals surface area contributed by atoms with Gasteiger partial charge < -0.3 is 4.74 Å². The van der Waals surface area contributed by atoms with Gasteiger partial charge >= 0.3 is 0 Å². The van der Waals surface area contributed by atoms with Crippen molar-refractivity contribution in [3.05, 3.63) is 59.9 Å². The highest BCUT2D eigenvalue weighted by Crippen LogP contribution is 2.26. The Balaban J connectivity index is 1.69. The van der Waals surface area contributed by atoms with E-state index in [0.29, 0.717) is 11.3 Å². The summed E-state index contributed by atoms with van der Waals surface area (Å²) in [6, 6.07) is 11.6. The van der Waals surface area contributed by atoms with Crippen molar-refractivity contribution in [2.75, 3.05) is 20.2 Å². The summed E-state index contributed by atoms with van der Waals surface area (Å²) in [5.41, 5.74) is 1.94. The third kappa shape index (κ3) is 3.77. The summed E-state index contributed by atoms with van der Waals surface area (Å²) in [4.78, 5) is 19.3. The molecule has 0 radical (unpaired) electrons. The van der Waals surface area contributed by atoms with Crippen LogP contribution < -0.4 is 4.74 Å². The average Bonchev–Trinajstić information content (AvgIpc) is 2.62. The Bertz CT molecular complexity index is 657. The first-order valence-electron chi connectivity index (χ1n) is 8.06. The number of ether oxygens (including phenoxy) is 1. The van der Waals surface area contributed by atoms with Gasteiger partial charge in [0.15, 0.2) is 5.78 Å². The number of pyridine rings is 1. The van der Waals surface area contributed by atoms with Crippen LogP contribution in [0.5, 0.6) is 5.75 Å². The van der Waals surface area contributed by atoms with E-state index in [1.54, 1.807) is 7.11 Å². The van der Waals surface area contributed by atoms with E-state index in [1.807, 2.05) is 48.8 Å². The Morgan fingerprint density at radius 2 is 2.04 bits per heavy atom. The van der Waals surface area contributed by atoms with Crippen molar-refractivity contribution in [2.24, 2.45) is 5.92 Å². The van der Waals surface area contributed by atoms with Gasteiger partial charge in [-0.25, -0.2) is 0 Å². The van der Waals surface area contributed by atoms with Crippen LogP contribution in [0.25, 0.3) is 0 Å². The SMILES string of the molecule is COc1ccccc1C(=O)C1CCCN(Cc2ccncc2)C1. The average molecular weight is 310 g/mol. The molecule has 23 heavy (non-hydrogen) atoms. The second kappa shape index (κ2) is 7.38. The number of likely N-dealkylation sites (tertiary alicyclic amines) is 1. The van der Waals surface area contributed by atoms with Crippen LogP contribution in [-0.4, -0.2) is 35.9 Å². The van der Waals surface area contributed by atoms with E-state index < -0.39 is 0 Å². The molecule has 2 heterocycles. The third-order valence-corrected chi connectivity index (χ3v) is 4.40. The minimum absolute atomic E-state index is 0.0434. The Morgan fingerprint density at radius 3 is 2.83 bits per heavy atom. The van der Waals surface area contributed by atoms with Crippen LogP contribution in [0.3, 0.4) is 0 Å². The van der Waals surface area contributed by atoms with Crippen molar-refractivity contribution in [3.8, 4) is 5.75 Å². The summed E-state index contributed by atoms with van der Waals surface area (Å²) in [5, 5.41) is 0. The zero-order chi connectivity index (χ0) is 16.1. The number of hydrogen-bond donors (Lipinski definition) is 0. The van der Waals surface area contributed by atoms with Crippen LogP contribution in [0.1, 0.15) is 28.8 Å². The lowest BCUT2D eigenvalue weighted by molar-refractivity contribution is 0.0808. The van der Waals surface area contributed by atoms with E-state index in [9.17, 15) is 4.79 Å². The summed E-state index contributed by atoms with van der Waals surface area (Å²) >= 11 is 0. The van der Waals surface area contributed by atoms with Gasteiger partial charge in [-0.3, -0.25) is 14.7 Å². The Labute approximate surface area is 137 Å². The van der Waals surface area contributed by atoms with Crippen LogP contribution in [0.4, 0.5) is 0 Å². The summed E-state index contributed by atoms with van der Waals surface area (Å²) in [6.45, 7) is 2.72. The highest BCUT2D eigenvalue weighted by Gasteiger charge is 2.28. The molecule has 0 amide bonds. The maximum absolute atomic E-state index is 12.9. The molecular formula is C19H22N2O2. The van der Waals surface area contributed by atoms with Gasteiger partial charge in [0.05, 0.1) is 12.7 Å².